The Labute approximate surface area is 76.9 Å². The van der Waals surface area contributed by atoms with Crippen LogP contribution in [0.3, 0.4) is 0 Å². The monoisotopic (exact) mass is 169 g/mol. The lowest BCUT2D eigenvalue weighted by molar-refractivity contribution is 0.408. The normalized spacial score (nSPS) is 22.2. The van der Waals surface area contributed by atoms with Gasteiger partial charge >= 0.3 is 0 Å². The first kappa shape index (κ1) is 10.0. The van der Waals surface area contributed by atoms with E-state index in [9.17, 15) is 0 Å². The van der Waals surface area contributed by atoms with Gasteiger partial charge in [-0.05, 0) is 44.6 Å². The van der Waals surface area contributed by atoms with Gasteiger partial charge in [-0.1, -0.05) is 20.3 Å². The van der Waals surface area contributed by atoms with Gasteiger partial charge in [-0.3, -0.25) is 0 Å². The number of nitrogens with one attached hydrogen (secondary N) is 1. The van der Waals surface area contributed by atoms with E-state index >= 15 is 0 Å². The van der Waals surface area contributed by atoms with Crippen molar-refractivity contribution in [1.82, 2.24) is 5.32 Å². The topological polar surface area (TPSA) is 12.0 Å². The molecule has 0 aromatic rings. The molecule has 0 heterocycles. The van der Waals surface area contributed by atoms with Crippen LogP contribution < -0.4 is 5.32 Å². The highest BCUT2D eigenvalue weighted by molar-refractivity contribution is 4.77. The molecule has 1 saturated carbocycles. The number of rotatable bonds is 6. The summed E-state index contributed by atoms with van der Waals surface area (Å²) < 4.78 is 0. The molecular weight excluding hydrogens is 146 g/mol. The summed E-state index contributed by atoms with van der Waals surface area (Å²) in [5.74, 6) is 1.90. The third-order valence-electron chi connectivity index (χ3n) is 2.90. The van der Waals surface area contributed by atoms with Crippen LogP contribution >= 0.6 is 0 Å². The van der Waals surface area contributed by atoms with Crippen LogP contribution in [0.4, 0.5) is 0 Å². The lowest BCUT2D eigenvalue weighted by Crippen LogP contribution is -2.29. The maximum absolute atomic E-state index is 3.61. The van der Waals surface area contributed by atoms with Crippen molar-refractivity contribution in [2.45, 2.75) is 52.5 Å². The van der Waals surface area contributed by atoms with Crippen molar-refractivity contribution in [3.63, 3.8) is 0 Å². The molecule has 1 nitrogen and oxygen atoms in total. The van der Waals surface area contributed by atoms with Gasteiger partial charge < -0.3 is 5.32 Å². The van der Waals surface area contributed by atoms with Gasteiger partial charge in [-0.2, -0.15) is 0 Å². The SMILES string of the molecule is CCC(C)CC(C)NCC1CC1. The molecule has 0 bridgehead atoms. The highest BCUT2D eigenvalue weighted by atomic mass is 14.9. The molecule has 0 spiro atoms. The average Bonchev–Trinajstić information content (AvgIpc) is 2.83. The van der Waals surface area contributed by atoms with Gasteiger partial charge in [-0.15, -0.1) is 0 Å². The quantitative estimate of drug-likeness (QED) is 0.644. The molecule has 0 amide bonds. The molecule has 0 aromatic heterocycles. The molecule has 1 aliphatic carbocycles. The van der Waals surface area contributed by atoms with Crippen LogP contribution in [0.1, 0.15) is 46.5 Å². The Morgan fingerprint density at radius 2 is 2.00 bits per heavy atom. The fraction of sp³-hybridized carbons (Fsp3) is 1.00. The highest BCUT2D eigenvalue weighted by Crippen LogP contribution is 2.27. The predicted octanol–water partition coefficient (Wildman–Crippen LogP) is 2.81. The second-order valence-electron chi connectivity index (χ2n) is 4.50. The van der Waals surface area contributed by atoms with Crippen LogP contribution in [-0.2, 0) is 0 Å². The van der Waals surface area contributed by atoms with E-state index in [1.54, 1.807) is 0 Å². The second-order valence-corrected chi connectivity index (χ2v) is 4.50. The number of hydrogen-bond donors (Lipinski definition) is 1. The molecule has 2 unspecified atom stereocenters. The van der Waals surface area contributed by atoms with Crippen molar-refractivity contribution in [1.29, 1.82) is 0 Å². The van der Waals surface area contributed by atoms with Crippen molar-refractivity contribution >= 4 is 0 Å². The Balaban J connectivity index is 1.97. The van der Waals surface area contributed by atoms with Gasteiger partial charge in [0.15, 0.2) is 0 Å². The maximum Gasteiger partial charge on any atom is 0.00413 e. The summed E-state index contributed by atoms with van der Waals surface area (Å²) in [6.07, 6.45) is 5.57. The molecule has 72 valence electrons. The minimum atomic E-state index is 0.723. The Kier molecular flexibility index (Phi) is 4.07. The van der Waals surface area contributed by atoms with Crippen molar-refractivity contribution in [2.75, 3.05) is 6.54 Å². The van der Waals surface area contributed by atoms with Crippen molar-refractivity contribution < 1.29 is 0 Å². The Hall–Kier alpha value is -0.0400. The summed E-state index contributed by atoms with van der Waals surface area (Å²) in [4.78, 5) is 0. The van der Waals surface area contributed by atoms with Gasteiger partial charge in [0.1, 0.15) is 0 Å². The zero-order valence-corrected chi connectivity index (χ0v) is 8.77. The van der Waals surface area contributed by atoms with E-state index in [2.05, 4.69) is 26.1 Å². The molecule has 1 N–H and O–H groups in total. The minimum Gasteiger partial charge on any atom is -0.314 e. The molecule has 2 atom stereocenters. The predicted molar refractivity (Wildman–Crippen MR) is 54.3 cm³/mol. The van der Waals surface area contributed by atoms with Gasteiger partial charge in [0.2, 0.25) is 0 Å². The lowest BCUT2D eigenvalue weighted by Gasteiger charge is -2.17. The van der Waals surface area contributed by atoms with E-state index in [0.29, 0.717) is 0 Å². The first-order valence-electron chi connectivity index (χ1n) is 5.45. The zero-order valence-electron chi connectivity index (χ0n) is 8.77. The molecule has 0 radical (unpaired) electrons. The molecular formula is C11H23N. The molecule has 1 heteroatoms. The molecule has 0 aliphatic heterocycles. The van der Waals surface area contributed by atoms with E-state index in [1.165, 1.54) is 32.2 Å². The van der Waals surface area contributed by atoms with E-state index in [0.717, 1.165) is 17.9 Å². The molecule has 12 heavy (non-hydrogen) atoms. The molecule has 1 aliphatic rings. The van der Waals surface area contributed by atoms with Crippen LogP contribution in [-0.4, -0.2) is 12.6 Å². The lowest BCUT2D eigenvalue weighted by atomic mass is 10.0. The maximum atomic E-state index is 3.61. The smallest absolute Gasteiger partial charge is 0.00413 e. The fourth-order valence-corrected chi connectivity index (χ4v) is 1.54. The average molecular weight is 169 g/mol. The summed E-state index contributed by atoms with van der Waals surface area (Å²) in [7, 11) is 0. The van der Waals surface area contributed by atoms with Gasteiger partial charge in [0, 0.05) is 6.04 Å². The van der Waals surface area contributed by atoms with Crippen LogP contribution in [0.2, 0.25) is 0 Å². The van der Waals surface area contributed by atoms with Crippen molar-refractivity contribution in [3.8, 4) is 0 Å². The van der Waals surface area contributed by atoms with E-state index < -0.39 is 0 Å². The number of hydrogen-bond acceptors (Lipinski definition) is 1. The van der Waals surface area contributed by atoms with Gasteiger partial charge in [0.25, 0.3) is 0 Å². The van der Waals surface area contributed by atoms with Crippen LogP contribution in [0.15, 0.2) is 0 Å². The third-order valence-corrected chi connectivity index (χ3v) is 2.90. The minimum absolute atomic E-state index is 0.723. The van der Waals surface area contributed by atoms with Crippen molar-refractivity contribution in [2.24, 2.45) is 11.8 Å². The van der Waals surface area contributed by atoms with E-state index in [-0.39, 0.29) is 0 Å². The molecule has 1 rings (SSSR count). The van der Waals surface area contributed by atoms with Gasteiger partial charge in [0.05, 0.1) is 0 Å². The standard InChI is InChI=1S/C11H23N/c1-4-9(2)7-10(3)12-8-11-5-6-11/h9-12H,4-8H2,1-3H3. The first-order chi connectivity index (χ1) is 5.72. The van der Waals surface area contributed by atoms with E-state index in [4.69, 9.17) is 0 Å². The van der Waals surface area contributed by atoms with Gasteiger partial charge in [-0.25, -0.2) is 0 Å². The Bertz CT molecular complexity index is 118. The largest absolute Gasteiger partial charge is 0.314 e. The Morgan fingerprint density at radius 1 is 1.33 bits per heavy atom. The Morgan fingerprint density at radius 3 is 2.50 bits per heavy atom. The molecule has 0 aromatic carbocycles. The summed E-state index contributed by atoms with van der Waals surface area (Å²) in [6.45, 7) is 8.19. The third kappa shape index (κ3) is 4.10. The van der Waals surface area contributed by atoms with E-state index in [1.807, 2.05) is 0 Å². The fourth-order valence-electron chi connectivity index (χ4n) is 1.54. The second kappa shape index (κ2) is 4.86. The first-order valence-corrected chi connectivity index (χ1v) is 5.45. The van der Waals surface area contributed by atoms with Crippen LogP contribution in [0, 0.1) is 11.8 Å². The van der Waals surface area contributed by atoms with Crippen LogP contribution in [0.5, 0.6) is 0 Å². The molecule has 0 saturated heterocycles. The highest BCUT2D eigenvalue weighted by Gasteiger charge is 2.21. The molecule has 1 fully saturated rings. The van der Waals surface area contributed by atoms with Crippen molar-refractivity contribution in [3.05, 3.63) is 0 Å². The summed E-state index contributed by atoms with van der Waals surface area (Å²) in [6, 6.07) is 0.723. The summed E-state index contributed by atoms with van der Waals surface area (Å²) in [5.41, 5.74) is 0. The zero-order chi connectivity index (χ0) is 8.97. The van der Waals surface area contributed by atoms with Crippen LogP contribution in [0.25, 0.3) is 0 Å². The summed E-state index contributed by atoms with van der Waals surface area (Å²) in [5, 5.41) is 3.61. The summed E-state index contributed by atoms with van der Waals surface area (Å²) >= 11 is 0.